The molecule has 8 nitrogen and oxygen atoms in total. The molecule has 0 aliphatic carbocycles. The Labute approximate surface area is 177 Å². The summed E-state index contributed by atoms with van der Waals surface area (Å²) in [5, 5.41) is 21.0. The zero-order valence-corrected chi connectivity index (χ0v) is 17.4. The summed E-state index contributed by atoms with van der Waals surface area (Å²) in [7, 11) is 3.91. The van der Waals surface area contributed by atoms with Gasteiger partial charge in [-0.15, -0.1) is 0 Å². The molecule has 2 heterocycles. The number of aliphatic carboxylic acids is 2. The molecule has 0 saturated carbocycles. The van der Waals surface area contributed by atoms with E-state index in [1.807, 2.05) is 50.8 Å². The average Bonchev–Trinajstić information content (AvgIpc) is 2.77. The normalized spacial score (nSPS) is 10.1. The Morgan fingerprint density at radius 3 is 1.50 bits per heavy atom. The van der Waals surface area contributed by atoms with E-state index in [1.54, 1.807) is 12.4 Å². The molecule has 4 N–H and O–H groups in total. The number of pyridine rings is 2. The summed E-state index contributed by atoms with van der Waals surface area (Å²) >= 11 is 0. The molecule has 30 heavy (non-hydrogen) atoms. The van der Waals surface area contributed by atoms with Crippen LogP contribution >= 0.6 is 0 Å². The fourth-order valence-corrected chi connectivity index (χ4v) is 1.84. The van der Waals surface area contributed by atoms with Gasteiger partial charge in [0, 0.05) is 24.8 Å². The molecule has 2 aromatic heterocycles. The van der Waals surface area contributed by atoms with Gasteiger partial charge in [0.2, 0.25) is 0 Å². The van der Waals surface area contributed by atoms with Gasteiger partial charge in [-0.05, 0) is 63.3 Å². The Hall–Kier alpha value is -3.36. The van der Waals surface area contributed by atoms with E-state index in [4.69, 9.17) is 19.8 Å². The molecule has 0 aromatic carbocycles. The number of nitrogens with zero attached hydrogens (tertiary/aromatic N) is 2. The lowest BCUT2D eigenvalue weighted by molar-refractivity contribution is -0.159. The van der Waals surface area contributed by atoms with Crippen molar-refractivity contribution in [2.45, 2.75) is 12.8 Å². The molecule has 0 unspecified atom stereocenters. The van der Waals surface area contributed by atoms with Gasteiger partial charge >= 0.3 is 11.9 Å². The van der Waals surface area contributed by atoms with Crippen LogP contribution in [0.1, 0.15) is 24.0 Å². The molecule has 0 atom stereocenters. The van der Waals surface area contributed by atoms with Crippen LogP contribution in [-0.4, -0.2) is 59.3 Å². The Kier molecular flexibility index (Phi) is 16.9. The molecule has 0 bridgehead atoms. The van der Waals surface area contributed by atoms with E-state index in [-0.39, 0.29) is 0 Å². The van der Waals surface area contributed by atoms with Crippen molar-refractivity contribution in [3.8, 4) is 0 Å². The molecule has 8 heteroatoms. The Morgan fingerprint density at radius 2 is 1.23 bits per heavy atom. The summed E-state index contributed by atoms with van der Waals surface area (Å²) in [4.78, 5) is 26.2. The van der Waals surface area contributed by atoms with Crippen LogP contribution in [0.25, 0.3) is 12.2 Å². The summed E-state index contributed by atoms with van der Waals surface area (Å²) in [6, 6.07) is 7.97. The zero-order chi connectivity index (χ0) is 22.5. The van der Waals surface area contributed by atoms with Crippen molar-refractivity contribution in [1.29, 1.82) is 0 Å². The first-order chi connectivity index (χ1) is 14.5. The second-order valence-electron chi connectivity index (χ2n) is 5.77. The monoisotopic (exact) mass is 414 g/mol. The zero-order valence-electron chi connectivity index (χ0n) is 17.4. The van der Waals surface area contributed by atoms with E-state index in [0.29, 0.717) is 0 Å². The number of hydrogen-bond donors (Lipinski definition) is 4. The van der Waals surface area contributed by atoms with E-state index in [9.17, 15) is 0 Å². The lowest BCUT2D eigenvalue weighted by Gasteiger charge is -1.92. The summed E-state index contributed by atoms with van der Waals surface area (Å²) in [6.07, 6.45) is 17.9. The van der Waals surface area contributed by atoms with Crippen molar-refractivity contribution >= 4 is 24.1 Å². The van der Waals surface area contributed by atoms with Crippen molar-refractivity contribution in [2.24, 2.45) is 0 Å². The minimum atomic E-state index is -1.82. The molecule has 0 aliphatic heterocycles. The summed E-state index contributed by atoms with van der Waals surface area (Å²) < 4.78 is 0. The SMILES string of the molecule is CNCC/C=C/c1cccnc1.CNCC/C=C/c1cccnc1.O=C(O)C(=O)O. The highest BCUT2D eigenvalue weighted by Gasteiger charge is 2.04. The van der Waals surface area contributed by atoms with Gasteiger partial charge in [-0.2, -0.15) is 0 Å². The first kappa shape index (κ1) is 26.6. The van der Waals surface area contributed by atoms with Crippen LogP contribution in [0, 0.1) is 0 Å². The second-order valence-corrected chi connectivity index (χ2v) is 5.77. The van der Waals surface area contributed by atoms with Crippen LogP contribution < -0.4 is 10.6 Å². The van der Waals surface area contributed by atoms with E-state index >= 15 is 0 Å². The number of hydrogen-bond acceptors (Lipinski definition) is 6. The third-order valence-electron chi connectivity index (χ3n) is 3.29. The molecule has 0 fully saturated rings. The summed E-state index contributed by atoms with van der Waals surface area (Å²) in [6.45, 7) is 2.05. The predicted molar refractivity (Wildman–Crippen MR) is 119 cm³/mol. The number of aromatic nitrogens is 2. The molecule has 0 saturated heterocycles. The maximum absolute atomic E-state index is 9.10. The van der Waals surface area contributed by atoms with Gasteiger partial charge in [-0.1, -0.05) is 36.4 Å². The minimum Gasteiger partial charge on any atom is -0.473 e. The first-order valence-corrected chi connectivity index (χ1v) is 9.39. The third kappa shape index (κ3) is 16.8. The number of nitrogens with one attached hydrogen (secondary N) is 2. The van der Waals surface area contributed by atoms with Crippen LogP contribution in [0.5, 0.6) is 0 Å². The van der Waals surface area contributed by atoms with E-state index < -0.39 is 11.9 Å². The fourth-order valence-electron chi connectivity index (χ4n) is 1.84. The van der Waals surface area contributed by atoms with Gasteiger partial charge in [0.25, 0.3) is 0 Å². The van der Waals surface area contributed by atoms with Crippen LogP contribution in [0.4, 0.5) is 0 Å². The van der Waals surface area contributed by atoms with Gasteiger partial charge in [0.05, 0.1) is 0 Å². The van der Waals surface area contributed by atoms with E-state index in [2.05, 4.69) is 44.9 Å². The van der Waals surface area contributed by atoms with Crippen LogP contribution in [0.3, 0.4) is 0 Å². The van der Waals surface area contributed by atoms with Crippen LogP contribution in [0.15, 0.2) is 61.2 Å². The molecular weight excluding hydrogens is 384 g/mol. The number of carbonyl (C=O) groups is 2. The van der Waals surface area contributed by atoms with Crippen molar-refractivity contribution in [2.75, 3.05) is 27.2 Å². The van der Waals surface area contributed by atoms with Gasteiger partial charge in [-0.25, -0.2) is 9.59 Å². The third-order valence-corrected chi connectivity index (χ3v) is 3.29. The van der Waals surface area contributed by atoms with Crippen LogP contribution in [0.2, 0.25) is 0 Å². The number of carboxylic acids is 2. The van der Waals surface area contributed by atoms with Crippen molar-refractivity contribution < 1.29 is 19.8 Å². The van der Waals surface area contributed by atoms with Gasteiger partial charge in [0.15, 0.2) is 0 Å². The molecule has 2 aromatic rings. The Bertz CT molecular complexity index is 685. The fraction of sp³-hybridized carbons (Fsp3) is 0.273. The molecule has 0 radical (unpaired) electrons. The van der Waals surface area contributed by atoms with E-state index in [1.165, 1.54) is 0 Å². The Balaban J connectivity index is 0.000000447. The van der Waals surface area contributed by atoms with Gasteiger partial charge < -0.3 is 20.8 Å². The quantitative estimate of drug-likeness (QED) is 0.384. The lowest BCUT2D eigenvalue weighted by atomic mass is 10.2. The average molecular weight is 415 g/mol. The predicted octanol–water partition coefficient (Wildman–Crippen LogP) is 2.56. The smallest absolute Gasteiger partial charge is 0.414 e. The van der Waals surface area contributed by atoms with Crippen LogP contribution in [-0.2, 0) is 9.59 Å². The Morgan fingerprint density at radius 1 is 0.833 bits per heavy atom. The molecule has 162 valence electrons. The number of rotatable bonds is 8. The topological polar surface area (TPSA) is 124 Å². The molecule has 0 amide bonds. The largest absolute Gasteiger partial charge is 0.473 e. The second kappa shape index (κ2) is 19.0. The highest BCUT2D eigenvalue weighted by molar-refractivity contribution is 6.27. The first-order valence-electron chi connectivity index (χ1n) is 9.39. The van der Waals surface area contributed by atoms with E-state index in [0.717, 1.165) is 37.1 Å². The number of carboxylic acid groups (broad SMARTS) is 2. The van der Waals surface area contributed by atoms with Gasteiger partial charge in [0.1, 0.15) is 0 Å². The minimum absolute atomic E-state index is 1.02. The van der Waals surface area contributed by atoms with Crippen molar-refractivity contribution in [1.82, 2.24) is 20.6 Å². The highest BCUT2D eigenvalue weighted by atomic mass is 16.4. The lowest BCUT2D eigenvalue weighted by Crippen LogP contribution is -2.09. The molecule has 0 aliphatic rings. The van der Waals surface area contributed by atoms with Crippen molar-refractivity contribution in [3.05, 3.63) is 72.3 Å². The molecular formula is C22H30N4O4. The highest BCUT2D eigenvalue weighted by Crippen LogP contribution is 1.99. The summed E-state index contributed by atoms with van der Waals surface area (Å²) in [5.74, 6) is -3.65. The summed E-state index contributed by atoms with van der Waals surface area (Å²) in [5.41, 5.74) is 2.32. The maximum atomic E-state index is 9.10. The molecule has 0 spiro atoms. The van der Waals surface area contributed by atoms with Gasteiger partial charge in [-0.3, -0.25) is 9.97 Å². The van der Waals surface area contributed by atoms with Crippen molar-refractivity contribution in [3.63, 3.8) is 0 Å². The molecule has 2 rings (SSSR count). The standard InChI is InChI=1S/2C10H14N2.C2H2O4/c2*1-11-7-3-2-5-10-6-4-8-12-9-10;3-1(4)2(5)6/h2*2,4-6,8-9,11H,3,7H2,1H3;(H,3,4)(H,5,6)/b2*5-2+;. The maximum Gasteiger partial charge on any atom is 0.414 e.